The second-order valence-electron chi connectivity index (χ2n) is 5.73. The molecular formula is C21H14N2S. The summed E-state index contributed by atoms with van der Waals surface area (Å²) in [6.07, 6.45) is 1.91. The summed E-state index contributed by atoms with van der Waals surface area (Å²) in [5, 5.41) is 5.84. The van der Waals surface area contributed by atoms with Gasteiger partial charge in [0.1, 0.15) is 5.00 Å². The van der Waals surface area contributed by atoms with Gasteiger partial charge >= 0.3 is 0 Å². The fraction of sp³-hybridized carbons (Fsp3) is 0. The van der Waals surface area contributed by atoms with E-state index in [0.717, 1.165) is 11.3 Å². The van der Waals surface area contributed by atoms with Gasteiger partial charge in [0.25, 0.3) is 0 Å². The van der Waals surface area contributed by atoms with Crippen LogP contribution in [0.15, 0.2) is 84.4 Å². The summed E-state index contributed by atoms with van der Waals surface area (Å²) in [7, 11) is 0. The number of fused-ring (bicyclic) bond motifs is 3. The molecule has 114 valence electrons. The van der Waals surface area contributed by atoms with Gasteiger partial charge in [-0.25, -0.2) is 0 Å². The Morgan fingerprint density at radius 2 is 1.58 bits per heavy atom. The Labute approximate surface area is 143 Å². The van der Waals surface area contributed by atoms with Crippen molar-refractivity contribution >= 4 is 33.1 Å². The molecule has 0 unspecified atom stereocenters. The standard InChI is InChI=1S/C21H14N2S/c1-2-7-15(8-3-1)20-21-17(12-13-22-20)16-9-4-5-10-18(16)23(21)19-11-6-14-24-19/h1-14H. The number of hydrogen-bond acceptors (Lipinski definition) is 2. The molecule has 5 rings (SSSR count). The van der Waals surface area contributed by atoms with Crippen LogP contribution in [0, 0.1) is 0 Å². The summed E-state index contributed by atoms with van der Waals surface area (Å²) in [4.78, 5) is 4.73. The third-order valence-electron chi connectivity index (χ3n) is 4.36. The summed E-state index contributed by atoms with van der Waals surface area (Å²) in [6, 6.07) is 25.4. The van der Waals surface area contributed by atoms with Crippen LogP contribution in [0.5, 0.6) is 0 Å². The first-order chi connectivity index (χ1) is 11.9. The van der Waals surface area contributed by atoms with Gasteiger partial charge in [0, 0.05) is 22.5 Å². The number of hydrogen-bond donors (Lipinski definition) is 0. The predicted octanol–water partition coefficient (Wildman–Crippen LogP) is 5.91. The molecule has 0 radical (unpaired) electrons. The second-order valence-corrected chi connectivity index (χ2v) is 6.65. The van der Waals surface area contributed by atoms with E-state index in [0.29, 0.717) is 0 Å². The lowest BCUT2D eigenvalue weighted by atomic mass is 10.1. The van der Waals surface area contributed by atoms with Crippen molar-refractivity contribution in [2.24, 2.45) is 0 Å². The van der Waals surface area contributed by atoms with E-state index in [1.165, 1.54) is 26.8 Å². The van der Waals surface area contributed by atoms with Crippen molar-refractivity contribution in [3.05, 3.63) is 84.4 Å². The topological polar surface area (TPSA) is 17.8 Å². The summed E-state index contributed by atoms with van der Waals surface area (Å²) >= 11 is 1.75. The molecule has 0 N–H and O–H groups in total. The maximum atomic E-state index is 4.73. The summed E-state index contributed by atoms with van der Waals surface area (Å²) in [5.41, 5.74) is 4.56. The van der Waals surface area contributed by atoms with Crippen molar-refractivity contribution in [3.63, 3.8) is 0 Å². The highest BCUT2D eigenvalue weighted by molar-refractivity contribution is 7.12. The molecule has 5 aromatic rings. The van der Waals surface area contributed by atoms with E-state index in [2.05, 4.69) is 76.7 Å². The molecule has 0 saturated heterocycles. The molecular weight excluding hydrogens is 312 g/mol. The molecule has 0 atom stereocenters. The van der Waals surface area contributed by atoms with Crippen LogP contribution >= 0.6 is 11.3 Å². The summed E-state index contributed by atoms with van der Waals surface area (Å²) < 4.78 is 2.34. The van der Waals surface area contributed by atoms with Gasteiger partial charge < -0.3 is 0 Å². The van der Waals surface area contributed by atoms with Crippen molar-refractivity contribution in [2.75, 3.05) is 0 Å². The molecule has 0 amide bonds. The lowest BCUT2D eigenvalue weighted by molar-refractivity contribution is 1.20. The molecule has 3 heteroatoms. The molecule has 0 aliphatic carbocycles. The van der Waals surface area contributed by atoms with Gasteiger partial charge in [-0.1, -0.05) is 48.5 Å². The normalized spacial score (nSPS) is 11.3. The third kappa shape index (κ3) is 1.92. The number of thiophene rings is 1. The molecule has 2 nitrogen and oxygen atoms in total. The summed E-state index contributed by atoms with van der Waals surface area (Å²) in [6.45, 7) is 0. The van der Waals surface area contributed by atoms with E-state index in [1.807, 2.05) is 12.3 Å². The van der Waals surface area contributed by atoms with E-state index in [1.54, 1.807) is 11.3 Å². The minimum absolute atomic E-state index is 1.03. The number of aromatic nitrogens is 2. The Hall–Kier alpha value is -2.91. The van der Waals surface area contributed by atoms with E-state index in [9.17, 15) is 0 Å². The Morgan fingerprint density at radius 1 is 0.750 bits per heavy atom. The molecule has 0 fully saturated rings. The molecule has 3 aromatic heterocycles. The number of para-hydroxylation sites is 1. The SMILES string of the molecule is c1ccc(-c2nccc3c4ccccc4n(-c4cccs4)c23)cc1. The van der Waals surface area contributed by atoms with Crippen molar-refractivity contribution < 1.29 is 0 Å². The van der Waals surface area contributed by atoms with Crippen LogP contribution in [0.4, 0.5) is 0 Å². The summed E-state index contributed by atoms with van der Waals surface area (Å²) in [5.74, 6) is 0. The predicted molar refractivity (Wildman–Crippen MR) is 102 cm³/mol. The fourth-order valence-corrected chi connectivity index (χ4v) is 4.10. The van der Waals surface area contributed by atoms with Crippen LogP contribution < -0.4 is 0 Å². The van der Waals surface area contributed by atoms with Crippen LogP contribution in [-0.4, -0.2) is 9.55 Å². The monoisotopic (exact) mass is 326 g/mol. The molecule has 24 heavy (non-hydrogen) atoms. The smallest absolute Gasteiger partial charge is 0.100 e. The molecule has 0 aliphatic rings. The average molecular weight is 326 g/mol. The van der Waals surface area contributed by atoms with E-state index < -0.39 is 0 Å². The second kappa shape index (κ2) is 5.32. The highest BCUT2D eigenvalue weighted by atomic mass is 32.1. The van der Waals surface area contributed by atoms with Crippen molar-refractivity contribution in [1.29, 1.82) is 0 Å². The number of pyridine rings is 1. The maximum absolute atomic E-state index is 4.73. The minimum atomic E-state index is 1.03. The van der Waals surface area contributed by atoms with Crippen LogP contribution in [0.3, 0.4) is 0 Å². The van der Waals surface area contributed by atoms with Crippen LogP contribution in [0.2, 0.25) is 0 Å². The van der Waals surface area contributed by atoms with Crippen LogP contribution in [0.25, 0.3) is 38.1 Å². The van der Waals surface area contributed by atoms with Crippen molar-refractivity contribution in [3.8, 4) is 16.3 Å². The lowest BCUT2D eigenvalue weighted by Gasteiger charge is -2.08. The van der Waals surface area contributed by atoms with Crippen LogP contribution in [-0.2, 0) is 0 Å². The highest BCUT2D eigenvalue weighted by Gasteiger charge is 2.17. The van der Waals surface area contributed by atoms with Crippen molar-refractivity contribution in [1.82, 2.24) is 9.55 Å². The first-order valence-corrected chi connectivity index (χ1v) is 8.79. The maximum Gasteiger partial charge on any atom is 0.100 e. The third-order valence-corrected chi connectivity index (χ3v) is 5.21. The van der Waals surface area contributed by atoms with Gasteiger partial charge in [0.15, 0.2) is 0 Å². The molecule has 0 saturated carbocycles. The molecule has 0 spiro atoms. The minimum Gasteiger partial charge on any atom is -0.298 e. The van der Waals surface area contributed by atoms with Gasteiger partial charge in [0.2, 0.25) is 0 Å². The van der Waals surface area contributed by atoms with Crippen LogP contribution in [0.1, 0.15) is 0 Å². The first kappa shape index (κ1) is 13.5. The largest absolute Gasteiger partial charge is 0.298 e. The van der Waals surface area contributed by atoms with Gasteiger partial charge in [-0.15, -0.1) is 11.3 Å². The van der Waals surface area contributed by atoms with E-state index in [-0.39, 0.29) is 0 Å². The van der Waals surface area contributed by atoms with E-state index in [4.69, 9.17) is 4.98 Å². The first-order valence-electron chi connectivity index (χ1n) is 7.91. The van der Waals surface area contributed by atoms with Crippen molar-refractivity contribution in [2.45, 2.75) is 0 Å². The van der Waals surface area contributed by atoms with Gasteiger partial charge in [-0.3, -0.25) is 9.55 Å². The van der Waals surface area contributed by atoms with Gasteiger partial charge in [-0.2, -0.15) is 0 Å². The molecule has 3 heterocycles. The Bertz CT molecular complexity index is 1140. The lowest BCUT2D eigenvalue weighted by Crippen LogP contribution is -1.94. The van der Waals surface area contributed by atoms with E-state index >= 15 is 0 Å². The average Bonchev–Trinajstić information content (AvgIpc) is 3.28. The van der Waals surface area contributed by atoms with Gasteiger partial charge in [0.05, 0.1) is 16.7 Å². The Morgan fingerprint density at radius 3 is 2.42 bits per heavy atom. The Balaban J connectivity index is 2.00. The number of nitrogens with zero attached hydrogens (tertiary/aromatic N) is 2. The molecule has 2 aromatic carbocycles. The zero-order chi connectivity index (χ0) is 15.9. The molecule has 0 bridgehead atoms. The van der Waals surface area contributed by atoms with Gasteiger partial charge in [-0.05, 0) is 29.6 Å². The Kier molecular flexibility index (Phi) is 3.00. The highest BCUT2D eigenvalue weighted by Crippen LogP contribution is 2.37. The molecule has 0 aliphatic heterocycles. The zero-order valence-corrected chi connectivity index (χ0v) is 13.7. The number of benzene rings is 2. The fourth-order valence-electron chi connectivity index (χ4n) is 3.35. The quantitative estimate of drug-likeness (QED) is 0.394. The zero-order valence-electron chi connectivity index (χ0n) is 12.9. The number of rotatable bonds is 2.